The largest absolute Gasteiger partial charge is 0.376 e. The van der Waals surface area contributed by atoms with Gasteiger partial charge in [-0.1, -0.05) is 36.9 Å². The van der Waals surface area contributed by atoms with Crippen LogP contribution in [0.3, 0.4) is 0 Å². The van der Waals surface area contributed by atoms with Crippen LogP contribution in [0.25, 0.3) is 0 Å². The zero-order valence-electron chi connectivity index (χ0n) is 17.9. The molecule has 1 aliphatic rings. The van der Waals surface area contributed by atoms with E-state index < -0.39 is 0 Å². The van der Waals surface area contributed by atoms with E-state index >= 15 is 0 Å². The molecule has 10 heteroatoms. The molecule has 0 radical (unpaired) electrons. The molecule has 0 aliphatic carbocycles. The first-order valence-electron chi connectivity index (χ1n) is 10.5. The van der Waals surface area contributed by atoms with Crippen molar-refractivity contribution in [3.8, 4) is 0 Å². The number of para-hydroxylation sites is 1. The predicted octanol–water partition coefficient (Wildman–Crippen LogP) is 2.03. The molecular formula is C21H29N5O4S. The zero-order chi connectivity index (χ0) is 22.2. The number of aromatic nitrogens is 3. The van der Waals surface area contributed by atoms with Gasteiger partial charge in [0.1, 0.15) is 0 Å². The van der Waals surface area contributed by atoms with Gasteiger partial charge in [0.05, 0.1) is 24.9 Å². The number of H-pyrrole nitrogens is 1. The molecule has 0 saturated carbocycles. The molecule has 1 aromatic carbocycles. The summed E-state index contributed by atoms with van der Waals surface area (Å²) in [5, 5.41) is 9.81. The molecule has 0 spiro atoms. The number of anilines is 1. The normalized spacial score (nSPS) is 15.7. The van der Waals surface area contributed by atoms with Crippen molar-refractivity contribution in [2.45, 2.75) is 50.9 Å². The Morgan fingerprint density at radius 2 is 2.19 bits per heavy atom. The Morgan fingerprint density at radius 3 is 2.90 bits per heavy atom. The third-order valence-electron chi connectivity index (χ3n) is 5.06. The van der Waals surface area contributed by atoms with E-state index in [1.165, 1.54) is 21.2 Å². The Balaban J connectivity index is 1.57. The van der Waals surface area contributed by atoms with Crippen molar-refractivity contribution in [2.75, 3.05) is 30.8 Å². The maximum Gasteiger partial charge on any atom is 0.344 e. The number of carbonyl (C=O) groups excluding carboxylic acids is 2. The third kappa shape index (κ3) is 6.44. The topological polar surface area (TPSA) is 109 Å². The number of nitrogens with one attached hydrogen (secondary N) is 2. The van der Waals surface area contributed by atoms with Crippen LogP contribution in [0.4, 0.5) is 5.69 Å². The number of carbonyl (C=O) groups is 2. The van der Waals surface area contributed by atoms with E-state index in [0.29, 0.717) is 24.9 Å². The maximum absolute atomic E-state index is 12.8. The second-order valence-corrected chi connectivity index (χ2v) is 8.47. The van der Waals surface area contributed by atoms with Crippen LogP contribution in [0.1, 0.15) is 31.7 Å². The van der Waals surface area contributed by atoms with Gasteiger partial charge in [0.2, 0.25) is 11.8 Å². The molecule has 9 nitrogen and oxygen atoms in total. The summed E-state index contributed by atoms with van der Waals surface area (Å²) in [5.74, 6) is -0.324. The number of ether oxygens (including phenoxy) is 1. The lowest BCUT2D eigenvalue weighted by Crippen LogP contribution is -2.39. The summed E-state index contributed by atoms with van der Waals surface area (Å²) in [6.45, 7) is 5.45. The van der Waals surface area contributed by atoms with Gasteiger partial charge in [0.15, 0.2) is 5.16 Å². The van der Waals surface area contributed by atoms with Gasteiger partial charge in [-0.25, -0.2) is 9.89 Å². The summed E-state index contributed by atoms with van der Waals surface area (Å²) in [6, 6.07) is 7.51. The maximum atomic E-state index is 12.8. The molecule has 1 aliphatic heterocycles. The third-order valence-corrected chi connectivity index (χ3v) is 6.02. The van der Waals surface area contributed by atoms with Gasteiger partial charge in [-0.15, -0.1) is 5.10 Å². The number of thioether (sulfide) groups is 1. The number of benzene rings is 1. The summed E-state index contributed by atoms with van der Waals surface area (Å²) < 4.78 is 7.12. The van der Waals surface area contributed by atoms with E-state index in [2.05, 4.69) is 15.5 Å². The van der Waals surface area contributed by atoms with Crippen molar-refractivity contribution in [3.63, 3.8) is 0 Å². The number of hydrogen-bond donors (Lipinski definition) is 2. The molecule has 1 aromatic heterocycles. The lowest BCUT2D eigenvalue weighted by Gasteiger charge is -2.21. The van der Waals surface area contributed by atoms with Crippen LogP contribution in [-0.4, -0.2) is 63.0 Å². The van der Waals surface area contributed by atoms with Crippen LogP contribution in [0.5, 0.6) is 0 Å². The lowest BCUT2D eigenvalue weighted by atomic mass is 10.2. The Hall–Kier alpha value is -2.59. The molecule has 2 amide bonds. The van der Waals surface area contributed by atoms with Crippen LogP contribution in [-0.2, 0) is 20.9 Å². The number of nitrogens with zero attached hydrogens (tertiary/aromatic N) is 3. The molecular weight excluding hydrogens is 418 g/mol. The minimum atomic E-state index is -0.312. The van der Waals surface area contributed by atoms with E-state index in [0.717, 1.165) is 30.5 Å². The van der Waals surface area contributed by atoms with Crippen LogP contribution in [0.15, 0.2) is 34.2 Å². The van der Waals surface area contributed by atoms with Gasteiger partial charge in [0.25, 0.3) is 0 Å². The Labute approximate surface area is 185 Å². The van der Waals surface area contributed by atoms with Gasteiger partial charge >= 0.3 is 5.69 Å². The van der Waals surface area contributed by atoms with Crippen LogP contribution in [0.2, 0.25) is 0 Å². The van der Waals surface area contributed by atoms with Gasteiger partial charge in [-0.05, 0) is 37.8 Å². The first kappa shape index (κ1) is 23.1. The Morgan fingerprint density at radius 1 is 1.39 bits per heavy atom. The molecule has 1 fully saturated rings. The van der Waals surface area contributed by atoms with Crippen LogP contribution >= 0.6 is 11.8 Å². The van der Waals surface area contributed by atoms with Crippen LogP contribution in [0, 0.1) is 6.92 Å². The van der Waals surface area contributed by atoms with Crippen LogP contribution < -0.4 is 11.0 Å². The minimum Gasteiger partial charge on any atom is -0.376 e. The first-order valence-corrected chi connectivity index (χ1v) is 11.5. The monoisotopic (exact) mass is 447 g/mol. The number of hydrogen-bond acceptors (Lipinski definition) is 6. The summed E-state index contributed by atoms with van der Waals surface area (Å²) >= 11 is 1.19. The van der Waals surface area contributed by atoms with Crippen molar-refractivity contribution < 1.29 is 14.3 Å². The van der Waals surface area contributed by atoms with E-state index in [9.17, 15) is 14.4 Å². The van der Waals surface area contributed by atoms with Crippen molar-refractivity contribution in [2.24, 2.45) is 0 Å². The second-order valence-electron chi connectivity index (χ2n) is 7.52. The molecule has 168 valence electrons. The SMILES string of the molecule is CCCN(CC(=O)Nc1ccccc1C)C(=O)CSc1n[nH]c(=O)n1CC1CCCO1. The average Bonchev–Trinajstić information content (AvgIpc) is 3.38. The van der Waals surface area contributed by atoms with Gasteiger partial charge in [-0.2, -0.15) is 0 Å². The summed E-state index contributed by atoms with van der Waals surface area (Å²) in [5.41, 5.74) is 1.39. The Bertz CT molecular complexity index is 951. The highest BCUT2D eigenvalue weighted by Gasteiger charge is 2.22. The Kier molecular flexibility index (Phi) is 8.30. The summed E-state index contributed by atoms with van der Waals surface area (Å²) in [4.78, 5) is 38.9. The van der Waals surface area contributed by atoms with E-state index in [1.54, 1.807) is 0 Å². The quantitative estimate of drug-likeness (QED) is 0.540. The zero-order valence-corrected chi connectivity index (χ0v) is 18.7. The fourth-order valence-corrected chi connectivity index (χ4v) is 4.28. The summed E-state index contributed by atoms with van der Waals surface area (Å²) in [6.07, 6.45) is 2.61. The highest BCUT2D eigenvalue weighted by atomic mass is 32.2. The number of aryl methyl sites for hydroxylation is 1. The first-order chi connectivity index (χ1) is 15.0. The molecule has 1 atom stereocenters. The standard InChI is InChI=1S/C21H29N5O4S/c1-3-10-25(13-18(27)22-17-9-5-4-7-15(17)2)19(28)14-31-21-24-23-20(29)26(21)12-16-8-6-11-30-16/h4-5,7,9,16H,3,6,8,10-14H2,1-2H3,(H,22,27)(H,23,29). The van der Waals surface area contributed by atoms with E-state index in [4.69, 9.17) is 4.74 Å². The molecule has 2 aromatic rings. The lowest BCUT2D eigenvalue weighted by molar-refractivity contribution is -0.132. The average molecular weight is 448 g/mol. The van der Waals surface area contributed by atoms with Gasteiger partial charge in [0, 0.05) is 18.8 Å². The highest BCUT2D eigenvalue weighted by Crippen LogP contribution is 2.19. The molecule has 0 bridgehead atoms. The summed E-state index contributed by atoms with van der Waals surface area (Å²) in [7, 11) is 0. The van der Waals surface area contributed by atoms with Gasteiger partial charge < -0.3 is 15.0 Å². The fourth-order valence-electron chi connectivity index (χ4n) is 3.42. The fraction of sp³-hybridized carbons (Fsp3) is 0.524. The number of rotatable bonds is 10. The number of amides is 2. The van der Waals surface area contributed by atoms with Crippen molar-refractivity contribution >= 4 is 29.3 Å². The molecule has 3 rings (SSSR count). The molecule has 1 unspecified atom stereocenters. The van der Waals surface area contributed by atoms with E-state index in [-0.39, 0.29) is 35.9 Å². The predicted molar refractivity (Wildman–Crippen MR) is 119 cm³/mol. The van der Waals surface area contributed by atoms with Crippen molar-refractivity contribution in [1.29, 1.82) is 0 Å². The minimum absolute atomic E-state index is 0.00733. The van der Waals surface area contributed by atoms with Crippen molar-refractivity contribution in [1.82, 2.24) is 19.7 Å². The number of aromatic amines is 1. The highest BCUT2D eigenvalue weighted by molar-refractivity contribution is 7.99. The molecule has 2 N–H and O–H groups in total. The smallest absolute Gasteiger partial charge is 0.344 e. The van der Waals surface area contributed by atoms with Gasteiger partial charge in [-0.3, -0.25) is 14.2 Å². The second kappa shape index (κ2) is 11.1. The van der Waals surface area contributed by atoms with Crippen molar-refractivity contribution in [3.05, 3.63) is 40.3 Å². The molecule has 1 saturated heterocycles. The molecule has 2 heterocycles. The molecule has 31 heavy (non-hydrogen) atoms. The van der Waals surface area contributed by atoms with E-state index in [1.807, 2.05) is 38.1 Å².